The van der Waals surface area contributed by atoms with Gasteiger partial charge in [0.25, 0.3) is 0 Å². The van der Waals surface area contributed by atoms with Crippen molar-refractivity contribution in [3.63, 3.8) is 0 Å². The van der Waals surface area contributed by atoms with Crippen molar-refractivity contribution in [2.24, 2.45) is 0 Å². The Balaban J connectivity index is -0.000000389. The predicted molar refractivity (Wildman–Crippen MR) is 124 cm³/mol. The van der Waals surface area contributed by atoms with E-state index in [1.165, 1.54) is 25.7 Å². The van der Waals surface area contributed by atoms with E-state index in [2.05, 4.69) is 67.7 Å². The van der Waals surface area contributed by atoms with Crippen LogP contribution in [0.1, 0.15) is 67.2 Å². The average Bonchev–Trinajstić information content (AvgIpc) is 3.15. The van der Waals surface area contributed by atoms with Crippen molar-refractivity contribution in [3.8, 4) is 0 Å². The van der Waals surface area contributed by atoms with Crippen molar-refractivity contribution < 1.29 is 33.5 Å². The first-order valence-corrected chi connectivity index (χ1v) is 16.0. The van der Waals surface area contributed by atoms with E-state index in [9.17, 15) is 0 Å². The molecule has 2 heterocycles. The summed E-state index contributed by atoms with van der Waals surface area (Å²) in [4.78, 5) is 0. The molecule has 160 valence electrons. The molecule has 3 nitrogen and oxygen atoms in total. The monoisotopic (exact) mass is 539 g/mol. The molecule has 0 bridgehead atoms. The van der Waals surface area contributed by atoms with Crippen molar-refractivity contribution in [1.29, 1.82) is 0 Å². The van der Waals surface area contributed by atoms with Crippen LogP contribution in [0.3, 0.4) is 0 Å². The molecule has 0 atom stereocenters. The third-order valence-corrected chi connectivity index (χ3v) is 17.7. The standard InChI is InChI=1S/C12H30NSi2.2C4H8O.HI.Mg/c1-11(2,3)14(7,8)13-15(9,10)12(4,5)6;2*1-2-4-5-3-1;;/h1-10H3;2*1-4H2;1H;/q-1;;;;+2/p-1. The second kappa shape index (κ2) is 14.8. The van der Waals surface area contributed by atoms with Gasteiger partial charge in [-0.05, 0) is 25.7 Å². The number of rotatable bonds is 2. The van der Waals surface area contributed by atoms with Gasteiger partial charge in [-0.2, -0.15) is 0 Å². The summed E-state index contributed by atoms with van der Waals surface area (Å²) < 4.78 is 15.2. The molecule has 2 fully saturated rings. The molecule has 2 saturated heterocycles. The number of ether oxygens (including phenoxy) is 2. The molecule has 0 aromatic heterocycles. The number of nitrogens with zero attached hydrogens (tertiary/aromatic N) is 1. The van der Waals surface area contributed by atoms with Crippen LogP contribution in [-0.2, 0) is 9.47 Å². The average molecular weight is 540 g/mol. The third-order valence-electron chi connectivity index (χ3n) is 5.88. The Morgan fingerprint density at radius 2 is 0.815 bits per heavy atom. The molecule has 0 aliphatic carbocycles. The molecule has 0 spiro atoms. The summed E-state index contributed by atoms with van der Waals surface area (Å²) in [7, 11) is -2.93. The quantitative estimate of drug-likeness (QED) is 0.397. The molecule has 0 unspecified atom stereocenters. The molecular weight excluding hydrogens is 494 g/mol. The van der Waals surface area contributed by atoms with Gasteiger partial charge in [-0.3, -0.25) is 0 Å². The van der Waals surface area contributed by atoms with Crippen molar-refractivity contribution in [2.75, 3.05) is 26.4 Å². The second-order valence-corrected chi connectivity index (χ2v) is 20.5. The largest absolute Gasteiger partial charge is 2.00 e. The van der Waals surface area contributed by atoms with E-state index in [0.717, 1.165) is 26.4 Å². The van der Waals surface area contributed by atoms with Crippen LogP contribution in [0, 0.1) is 0 Å². The zero-order chi connectivity index (χ0) is 19.8. The predicted octanol–water partition coefficient (Wildman–Crippen LogP) is 3.59. The maximum absolute atomic E-state index is 5.36. The van der Waals surface area contributed by atoms with Crippen molar-refractivity contribution in [1.82, 2.24) is 0 Å². The topological polar surface area (TPSA) is 32.6 Å². The summed E-state index contributed by atoms with van der Waals surface area (Å²) >= 11 is 0. The van der Waals surface area contributed by atoms with Crippen LogP contribution in [-0.4, -0.2) is 66.0 Å². The molecule has 0 aromatic rings. The summed E-state index contributed by atoms with van der Waals surface area (Å²) in [6.07, 6.45) is 5.11. The first kappa shape index (κ1) is 33.4. The smallest absolute Gasteiger partial charge is 1.00 e. The van der Waals surface area contributed by atoms with Crippen LogP contribution in [0.15, 0.2) is 0 Å². The maximum atomic E-state index is 5.36. The summed E-state index contributed by atoms with van der Waals surface area (Å²) in [5, 5.41) is 0.755. The summed E-state index contributed by atoms with van der Waals surface area (Å²) in [5.41, 5.74) is 0. The molecule has 0 amide bonds. The zero-order valence-electron chi connectivity index (χ0n) is 20.0. The first-order chi connectivity index (χ1) is 11.2. The molecule has 2 aliphatic heterocycles. The normalized spacial score (nSPS) is 17.6. The molecule has 0 saturated carbocycles. The van der Waals surface area contributed by atoms with Gasteiger partial charge < -0.3 is 38.1 Å². The van der Waals surface area contributed by atoms with Crippen LogP contribution in [0.4, 0.5) is 0 Å². The third kappa shape index (κ3) is 14.4. The molecular formula is C20H46IMgNO2Si2. The van der Waals surface area contributed by atoms with Crippen LogP contribution in [0.2, 0.25) is 36.3 Å². The number of hydrogen-bond donors (Lipinski definition) is 0. The van der Waals surface area contributed by atoms with Crippen LogP contribution in [0.5, 0.6) is 0 Å². The minimum Gasteiger partial charge on any atom is -1.00 e. The second-order valence-electron chi connectivity index (χ2n) is 10.4. The molecule has 2 aliphatic rings. The summed E-state index contributed by atoms with van der Waals surface area (Å²) in [5.74, 6) is 0. The number of halogens is 1. The summed E-state index contributed by atoms with van der Waals surface area (Å²) in [6, 6.07) is 0. The fourth-order valence-corrected chi connectivity index (χ4v) is 10.3. The van der Waals surface area contributed by atoms with Gasteiger partial charge in [0.2, 0.25) is 0 Å². The number of hydrogen-bond acceptors (Lipinski definition) is 2. The Morgan fingerprint density at radius 3 is 0.926 bits per heavy atom. The van der Waals surface area contributed by atoms with E-state index in [0.29, 0.717) is 10.1 Å². The Labute approximate surface area is 206 Å². The van der Waals surface area contributed by atoms with Crippen LogP contribution < -0.4 is 24.0 Å². The van der Waals surface area contributed by atoms with Gasteiger partial charge in [-0.1, -0.05) is 94.3 Å². The molecule has 0 N–H and O–H groups in total. The molecule has 0 aromatic carbocycles. The van der Waals surface area contributed by atoms with Crippen molar-refractivity contribution >= 4 is 39.5 Å². The molecule has 2 rings (SSSR count). The van der Waals surface area contributed by atoms with Crippen molar-refractivity contribution in [3.05, 3.63) is 4.65 Å². The minimum absolute atomic E-state index is 0. The van der Waals surface area contributed by atoms with E-state index in [1.54, 1.807) is 0 Å². The van der Waals surface area contributed by atoms with E-state index < -0.39 is 16.5 Å². The molecule has 0 radical (unpaired) electrons. The molecule has 27 heavy (non-hydrogen) atoms. The Hall–Kier alpha value is 1.81. The fourth-order valence-electron chi connectivity index (χ4n) is 2.05. The first-order valence-electron chi connectivity index (χ1n) is 10.1. The Kier molecular flexibility index (Phi) is 18.3. The molecule has 7 heteroatoms. The van der Waals surface area contributed by atoms with E-state index in [4.69, 9.17) is 14.1 Å². The van der Waals surface area contributed by atoms with E-state index in [-0.39, 0.29) is 47.0 Å². The van der Waals surface area contributed by atoms with Gasteiger partial charge in [-0.25, -0.2) is 0 Å². The maximum Gasteiger partial charge on any atom is 2.00 e. The van der Waals surface area contributed by atoms with Gasteiger partial charge in [-0.15, -0.1) is 0 Å². The zero-order valence-corrected chi connectivity index (χ0v) is 25.6. The fraction of sp³-hybridized carbons (Fsp3) is 1.00. The van der Waals surface area contributed by atoms with E-state index >= 15 is 0 Å². The van der Waals surface area contributed by atoms with Gasteiger partial charge in [0, 0.05) is 26.4 Å². The van der Waals surface area contributed by atoms with Crippen LogP contribution in [0.25, 0.3) is 4.65 Å². The Morgan fingerprint density at radius 1 is 0.593 bits per heavy atom. The van der Waals surface area contributed by atoms with Crippen LogP contribution >= 0.6 is 0 Å². The minimum atomic E-state index is -1.46. The van der Waals surface area contributed by atoms with Crippen molar-refractivity contribution in [2.45, 2.75) is 103 Å². The van der Waals surface area contributed by atoms with Gasteiger partial charge in [0.05, 0.1) is 0 Å². The van der Waals surface area contributed by atoms with Gasteiger partial charge in [0.1, 0.15) is 0 Å². The van der Waals surface area contributed by atoms with E-state index in [1.807, 2.05) is 0 Å². The Bertz CT molecular complexity index is 313. The van der Waals surface area contributed by atoms with Gasteiger partial charge in [0.15, 0.2) is 0 Å². The SMILES string of the molecule is C1CCOC1.C1CCOC1.CC(C)(C)[Si](C)(C)[N-][Si](C)(C)C(C)(C)C.[I-].[Mg+2]. The summed E-state index contributed by atoms with van der Waals surface area (Å²) in [6.45, 7) is 27.7. The van der Waals surface area contributed by atoms with Gasteiger partial charge >= 0.3 is 23.1 Å².